The summed E-state index contributed by atoms with van der Waals surface area (Å²) in [5.41, 5.74) is 0.801. The largest absolute Gasteiger partial charge is 0.419 e. The molecule has 2 nitrogen and oxygen atoms in total. The average molecular weight is 298 g/mol. The summed E-state index contributed by atoms with van der Waals surface area (Å²) < 4.78 is 50.9. The van der Waals surface area contributed by atoms with Gasteiger partial charge in [0, 0.05) is 18.8 Å². The predicted molar refractivity (Wildman–Crippen MR) is 70.9 cm³/mol. The molecular weight excluding hydrogens is 284 g/mol. The molecule has 112 valence electrons. The zero-order valence-electron chi connectivity index (χ0n) is 11.3. The molecule has 0 amide bonds. The quantitative estimate of drug-likeness (QED) is 0.868. The number of rotatable bonds is 4. The number of hydrogen-bond donors (Lipinski definition) is 1. The van der Waals surface area contributed by atoms with E-state index in [1.54, 1.807) is 0 Å². The van der Waals surface area contributed by atoms with Crippen molar-refractivity contribution in [2.24, 2.45) is 0 Å². The van der Waals surface area contributed by atoms with Crippen LogP contribution in [0.15, 0.2) is 36.4 Å². The highest BCUT2D eigenvalue weighted by Crippen LogP contribution is 2.31. The monoisotopic (exact) mass is 298 g/mol. The van der Waals surface area contributed by atoms with Crippen molar-refractivity contribution in [2.45, 2.75) is 26.2 Å². The maximum absolute atomic E-state index is 13.1. The summed E-state index contributed by atoms with van der Waals surface area (Å²) in [5.74, 6) is -1.26. The van der Waals surface area contributed by atoms with Crippen molar-refractivity contribution >= 4 is 0 Å². The summed E-state index contributed by atoms with van der Waals surface area (Å²) in [6.07, 6.45) is -4.68. The minimum Gasteiger partial charge on any atom is -0.307 e. The van der Waals surface area contributed by atoms with E-state index < -0.39 is 17.6 Å². The molecule has 0 radical (unpaired) electrons. The molecule has 2 aromatic rings. The van der Waals surface area contributed by atoms with Gasteiger partial charge in [0.2, 0.25) is 0 Å². The Morgan fingerprint density at radius 3 is 2.52 bits per heavy atom. The van der Waals surface area contributed by atoms with Crippen LogP contribution >= 0.6 is 0 Å². The van der Waals surface area contributed by atoms with Gasteiger partial charge in [0.25, 0.3) is 0 Å². The second-order valence-corrected chi connectivity index (χ2v) is 4.69. The first-order valence-corrected chi connectivity index (χ1v) is 6.35. The zero-order valence-corrected chi connectivity index (χ0v) is 11.3. The number of aromatic nitrogens is 1. The minimum atomic E-state index is -4.68. The van der Waals surface area contributed by atoms with E-state index in [1.165, 1.54) is 6.07 Å². The Morgan fingerprint density at radius 2 is 1.86 bits per heavy atom. The topological polar surface area (TPSA) is 24.9 Å². The van der Waals surface area contributed by atoms with Crippen molar-refractivity contribution in [2.75, 3.05) is 0 Å². The standard InChI is InChI=1S/C15H14F4N2/c1-10-3-2-4-12(21-10)9-20-8-11-5-6-14(16)13(7-11)15(17,18)19/h2-7,20H,8-9H2,1H3. The fourth-order valence-electron chi connectivity index (χ4n) is 1.93. The van der Waals surface area contributed by atoms with Crippen molar-refractivity contribution in [3.8, 4) is 0 Å². The fourth-order valence-corrected chi connectivity index (χ4v) is 1.93. The first-order chi connectivity index (χ1) is 9.86. The van der Waals surface area contributed by atoms with Crippen LogP contribution in [0.4, 0.5) is 17.6 Å². The van der Waals surface area contributed by atoms with Crippen LogP contribution < -0.4 is 5.32 Å². The van der Waals surface area contributed by atoms with Gasteiger partial charge in [-0.1, -0.05) is 12.1 Å². The van der Waals surface area contributed by atoms with Gasteiger partial charge in [0.15, 0.2) is 0 Å². The number of pyridine rings is 1. The van der Waals surface area contributed by atoms with Crippen LogP contribution in [0.1, 0.15) is 22.5 Å². The Labute approximate surface area is 119 Å². The summed E-state index contributed by atoms with van der Waals surface area (Å²) in [7, 11) is 0. The third-order valence-corrected chi connectivity index (χ3v) is 2.92. The highest BCUT2D eigenvalue weighted by molar-refractivity contribution is 5.27. The highest BCUT2D eigenvalue weighted by Gasteiger charge is 2.34. The Bertz CT molecular complexity index is 623. The van der Waals surface area contributed by atoms with Crippen molar-refractivity contribution in [3.63, 3.8) is 0 Å². The predicted octanol–water partition coefficient (Wildman–Crippen LogP) is 3.84. The van der Waals surface area contributed by atoms with Gasteiger partial charge in [0.1, 0.15) is 5.82 Å². The number of nitrogens with one attached hydrogen (secondary N) is 1. The smallest absolute Gasteiger partial charge is 0.307 e. The fraction of sp³-hybridized carbons (Fsp3) is 0.267. The number of halogens is 4. The van der Waals surface area contributed by atoms with Gasteiger partial charge in [-0.05, 0) is 36.8 Å². The zero-order chi connectivity index (χ0) is 15.5. The molecule has 1 N–H and O–H groups in total. The van der Waals surface area contributed by atoms with E-state index in [-0.39, 0.29) is 6.54 Å². The van der Waals surface area contributed by atoms with Crippen molar-refractivity contribution in [3.05, 3.63) is 64.7 Å². The average Bonchev–Trinajstić information content (AvgIpc) is 2.39. The lowest BCUT2D eigenvalue weighted by atomic mass is 10.1. The van der Waals surface area contributed by atoms with E-state index >= 15 is 0 Å². The van der Waals surface area contributed by atoms with Crippen LogP contribution in [-0.2, 0) is 19.3 Å². The summed E-state index contributed by atoms with van der Waals surface area (Å²) in [4.78, 5) is 4.27. The first kappa shape index (κ1) is 15.4. The van der Waals surface area contributed by atoms with Crippen molar-refractivity contribution in [1.29, 1.82) is 0 Å². The molecule has 1 heterocycles. The lowest BCUT2D eigenvalue weighted by molar-refractivity contribution is -0.140. The Balaban J connectivity index is 2.01. The van der Waals surface area contributed by atoms with Crippen LogP contribution in [0, 0.1) is 12.7 Å². The molecule has 6 heteroatoms. The highest BCUT2D eigenvalue weighted by atomic mass is 19.4. The van der Waals surface area contributed by atoms with Crippen LogP contribution in [0.3, 0.4) is 0 Å². The molecule has 0 aliphatic heterocycles. The number of hydrogen-bond acceptors (Lipinski definition) is 2. The SMILES string of the molecule is Cc1cccc(CNCc2ccc(F)c(C(F)(F)F)c2)n1. The number of benzene rings is 1. The second-order valence-electron chi connectivity index (χ2n) is 4.69. The number of alkyl halides is 3. The summed E-state index contributed by atoms with van der Waals surface area (Å²) in [6, 6.07) is 8.54. The third-order valence-electron chi connectivity index (χ3n) is 2.92. The molecule has 0 aliphatic carbocycles. The minimum absolute atomic E-state index is 0.207. The molecular formula is C15H14F4N2. The third kappa shape index (κ3) is 4.26. The van der Waals surface area contributed by atoms with E-state index in [4.69, 9.17) is 0 Å². The van der Waals surface area contributed by atoms with E-state index in [0.717, 1.165) is 23.5 Å². The lowest BCUT2D eigenvalue weighted by Crippen LogP contribution is -2.15. The summed E-state index contributed by atoms with van der Waals surface area (Å²) in [6.45, 7) is 2.50. The Kier molecular flexibility index (Phi) is 4.57. The molecule has 0 unspecified atom stereocenters. The van der Waals surface area contributed by atoms with Gasteiger partial charge in [-0.3, -0.25) is 4.98 Å². The van der Waals surface area contributed by atoms with E-state index in [0.29, 0.717) is 12.1 Å². The van der Waals surface area contributed by atoms with Crippen molar-refractivity contribution in [1.82, 2.24) is 10.3 Å². The van der Waals surface area contributed by atoms with E-state index in [9.17, 15) is 17.6 Å². The van der Waals surface area contributed by atoms with Crippen molar-refractivity contribution < 1.29 is 17.6 Å². The molecule has 0 saturated heterocycles. The van der Waals surface area contributed by atoms with E-state index in [2.05, 4.69) is 10.3 Å². The molecule has 0 aliphatic rings. The molecule has 21 heavy (non-hydrogen) atoms. The Hall–Kier alpha value is -1.95. The molecule has 0 atom stereocenters. The van der Waals surface area contributed by atoms with Crippen LogP contribution in [0.2, 0.25) is 0 Å². The van der Waals surface area contributed by atoms with Crippen LogP contribution in [0.25, 0.3) is 0 Å². The molecule has 0 fully saturated rings. The first-order valence-electron chi connectivity index (χ1n) is 6.35. The molecule has 1 aromatic heterocycles. The summed E-state index contributed by atoms with van der Waals surface area (Å²) >= 11 is 0. The summed E-state index contributed by atoms with van der Waals surface area (Å²) in [5, 5.41) is 2.99. The van der Waals surface area contributed by atoms with Gasteiger partial charge in [-0.2, -0.15) is 13.2 Å². The van der Waals surface area contributed by atoms with E-state index in [1.807, 2.05) is 25.1 Å². The van der Waals surface area contributed by atoms with Gasteiger partial charge in [-0.25, -0.2) is 4.39 Å². The second kappa shape index (κ2) is 6.22. The van der Waals surface area contributed by atoms with Gasteiger partial charge in [-0.15, -0.1) is 0 Å². The lowest BCUT2D eigenvalue weighted by Gasteiger charge is -2.11. The van der Waals surface area contributed by atoms with Gasteiger partial charge in [0.05, 0.1) is 11.3 Å². The normalized spacial score (nSPS) is 11.7. The molecule has 2 rings (SSSR count). The molecule has 0 saturated carbocycles. The molecule has 0 spiro atoms. The van der Waals surface area contributed by atoms with Crippen LogP contribution in [-0.4, -0.2) is 4.98 Å². The van der Waals surface area contributed by atoms with Gasteiger partial charge < -0.3 is 5.32 Å². The maximum Gasteiger partial charge on any atom is 0.419 e. The molecule has 0 bridgehead atoms. The van der Waals surface area contributed by atoms with Crippen LogP contribution in [0.5, 0.6) is 0 Å². The van der Waals surface area contributed by atoms with Gasteiger partial charge >= 0.3 is 6.18 Å². The molecule has 1 aromatic carbocycles. The maximum atomic E-state index is 13.1. The number of nitrogens with zero attached hydrogens (tertiary/aromatic N) is 1. The Morgan fingerprint density at radius 1 is 1.10 bits per heavy atom. The number of aryl methyl sites for hydroxylation is 1.